The Bertz CT molecular complexity index is 338. The molecule has 9 heteroatoms. The van der Waals surface area contributed by atoms with Crippen molar-refractivity contribution in [1.29, 1.82) is 0 Å². The van der Waals surface area contributed by atoms with Gasteiger partial charge in [-0.15, -0.1) is 0 Å². The third-order valence-electron chi connectivity index (χ3n) is 2.12. The van der Waals surface area contributed by atoms with Crippen LogP contribution in [0.1, 0.15) is 20.3 Å². The first-order valence-corrected chi connectivity index (χ1v) is 6.64. The van der Waals surface area contributed by atoms with Crippen LogP contribution in [0, 0.1) is 5.41 Å². The van der Waals surface area contributed by atoms with Crippen molar-refractivity contribution in [1.82, 2.24) is 5.32 Å². The summed E-state index contributed by atoms with van der Waals surface area (Å²) in [5.74, 6) is -0.746. The van der Waals surface area contributed by atoms with Crippen molar-refractivity contribution < 1.29 is 33.6 Å². The fourth-order valence-corrected chi connectivity index (χ4v) is 1.52. The maximum Gasteiger partial charge on any atom is 0.469 e. The molecule has 0 aromatic rings. The van der Waals surface area contributed by atoms with Crippen molar-refractivity contribution in [2.45, 2.75) is 26.4 Å². The summed E-state index contributed by atoms with van der Waals surface area (Å²) in [6.45, 7) is 2.37. The molecule has 0 aliphatic heterocycles. The number of carbonyl (C=O) groups excluding carboxylic acids is 2. The van der Waals surface area contributed by atoms with E-state index in [0.29, 0.717) is 0 Å². The molecule has 1 atom stereocenters. The minimum absolute atomic E-state index is 0.00211. The molecule has 1 amide bonds. The minimum atomic E-state index is -4.65. The van der Waals surface area contributed by atoms with Gasteiger partial charge in [0, 0.05) is 18.4 Å². The molecule has 4 N–H and O–H groups in total. The summed E-state index contributed by atoms with van der Waals surface area (Å²) in [5, 5.41) is 12.0. The number of aliphatic hydroxyl groups is 1. The lowest BCUT2D eigenvalue weighted by atomic mass is 9.87. The second kappa shape index (κ2) is 6.96. The number of phosphoric acid groups is 1. The van der Waals surface area contributed by atoms with Crippen LogP contribution in [0.4, 0.5) is 0 Å². The van der Waals surface area contributed by atoms with E-state index in [0.717, 1.165) is 0 Å². The number of carbonyl (C=O) groups is 1. The first-order chi connectivity index (χ1) is 8.10. The number of hydrogen-bond acceptors (Lipinski definition) is 5. The predicted octanol–water partition coefficient (Wildman–Crippen LogP) is -0.901. The molecular formula is C9H17NO7P. The van der Waals surface area contributed by atoms with Crippen molar-refractivity contribution in [3.63, 3.8) is 0 Å². The largest absolute Gasteiger partial charge is 0.469 e. The molecular weight excluding hydrogens is 265 g/mol. The van der Waals surface area contributed by atoms with E-state index in [1.54, 1.807) is 6.29 Å². The van der Waals surface area contributed by atoms with Gasteiger partial charge in [-0.05, 0) is 0 Å². The molecule has 18 heavy (non-hydrogen) atoms. The van der Waals surface area contributed by atoms with Gasteiger partial charge in [-0.1, -0.05) is 13.8 Å². The Morgan fingerprint density at radius 1 is 1.50 bits per heavy atom. The second-order valence-electron chi connectivity index (χ2n) is 4.34. The van der Waals surface area contributed by atoms with Crippen LogP contribution >= 0.6 is 7.82 Å². The number of phosphoric ester groups is 1. The Labute approximate surface area is 105 Å². The van der Waals surface area contributed by atoms with Crippen LogP contribution in [0.25, 0.3) is 0 Å². The molecule has 0 saturated carbocycles. The fourth-order valence-electron chi connectivity index (χ4n) is 1.02. The molecule has 0 rings (SSSR count). The van der Waals surface area contributed by atoms with E-state index in [9.17, 15) is 19.3 Å². The summed E-state index contributed by atoms with van der Waals surface area (Å²) in [6.07, 6.45) is 0.0518. The van der Waals surface area contributed by atoms with Crippen molar-refractivity contribution >= 4 is 20.0 Å². The molecule has 1 radical (unpaired) electrons. The van der Waals surface area contributed by atoms with Gasteiger partial charge in [0.15, 0.2) is 6.29 Å². The van der Waals surface area contributed by atoms with E-state index in [1.165, 1.54) is 13.8 Å². The molecule has 8 nitrogen and oxygen atoms in total. The topological polar surface area (TPSA) is 133 Å². The molecule has 1 unspecified atom stereocenters. The lowest BCUT2D eigenvalue weighted by Gasteiger charge is -2.29. The summed E-state index contributed by atoms with van der Waals surface area (Å²) in [6, 6.07) is 0. The van der Waals surface area contributed by atoms with Crippen LogP contribution in [-0.4, -0.2) is 46.3 Å². The number of aliphatic hydroxyl groups excluding tert-OH is 1. The van der Waals surface area contributed by atoms with E-state index in [1.807, 2.05) is 0 Å². The van der Waals surface area contributed by atoms with Crippen LogP contribution in [0.3, 0.4) is 0 Å². The monoisotopic (exact) mass is 282 g/mol. The highest BCUT2D eigenvalue weighted by Crippen LogP contribution is 2.38. The molecule has 0 bridgehead atoms. The number of amides is 1. The zero-order valence-electron chi connectivity index (χ0n) is 10.1. The average molecular weight is 282 g/mol. The van der Waals surface area contributed by atoms with Gasteiger partial charge in [0.1, 0.15) is 6.10 Å². The van der Waals surface area contributed by atoms with Gasteiger partial charge < -0.3 is 20.2 Å². The van der Waals surface area contributed by atoms with E-state index in [2.05, 4.69) is 9.84 Å². The Kier molecular flexibility index (Phi) is 6.66. The lowest BCUT2D eigenvalue weighted by Crippen LogP contribution is -2.46. The summed E-state index contributed by atoms with van der Waals surface area (Å²) < 4.78 is 14.8. The van der Waals surface area contributed by atoms with Gasteiger partial charge in [0.25, 0.3) is 0 Å². The number of rotatable bonds is 8. The van der Waals surface area contributed by atoms with Crippen molar-refractivity contribution in [2.75, 3.05) is 13.2 Å². The maximum atomic E-state index is 11.4. The lowest BCUT2D eigenvalue weighted by molar-refractivity contribution is -0.136. The van der Waals surface area contributed by atoms with Crippen molar-refractivity contribution in [3.05, 3.63) is 0 Å². The molecule has 0 aromatic heterocycles. The minimum Gasteiger partial charge on any atom is -0.383 e. The molecule has 105 valence electrons. The summed E-state index contributed by atoms with van der Waals surface area (Å²) in [7, 11) is -4.65. The first kappa shape index (κ1) is 17.2. The van der Waals surface area contributed by atoms with E-state index >= 15 is 0 Å². The highest BCUT2D eigenvalue weighted by molar-refractivity contribution is 7.46. The Balaban J connectivity index is 4.35. The Morgan fingerprint density at radius 2 is 2.06 bits per heavy atom. The zero-order chi connectivity index (χ0) is 14.4. The molecule has 0 fully saturated rings. The van der Waals surface area contributed by atoms with Gasteiger partial charge in [-0.25, -0.2) is 4.57 Å². The van der Waals surface area contributed by atoms with Gasteiger partial charge in [0.2, 0.25) is 5.91 Å². The second-order valence-corrected chi connectivity index (χ2v) is 5.58. The third-order valence-corrected chi connectivity index (χ3v) is 2.59. The van der Waals surface area contributed by atoms with Crippen LogP contribution in [0.15, 0.2) is 0 Å². The molecule has 0 saturated heterocycles. The zero-order valence-corrected chi connectivity index (χ0v) is 11.0. The van der Waals surface area contributed by atoms with Crippen LogP contribution in [-0.2, 0) is 18.7 Å². The van der Waals surface area contributed by atoms with Crippen molar-refractivity contribution in [3.8, 4) is 0 Å². The smallest absolute Gasteiger partial charge is 0.383 e. The normalized spacial score (nSPS) is 14.1. The van der Waals surface area contributed by atoms with Gasteiger partial charge in [-0.2, -0.15) is 0 Å². The quantitative estimate of drug-likeness (QED) is 0.335. The summed E-state index contributed by atoms with van der Waals surface area (Å²) in [5.41, 5.74) is -1.18. The van der Waals surface area contributed by atoms with Gasteiger partial charge in [-0.3, -0.25) is 14.1 Å². The molecule has 0 aromatic carbocycles. The van der Waals surface area contributed by atoms with Crippen LogP contribution in [0.5, 0.6) is 0 Å². The number of nitrogens with one attached hydrogen (secondary N) is 1. The molecule has 0 heterocycles. The van der Waals surface area contributed by atoms with Crippen LogP contribution < -0.4 is 5.32 Å². The van der Waals surface area contributed by atoms with Gasteiger partial charge >= 0.3 is 7.82 Å². The number of hydrogen-bond donors (Lipinski definition) is 4. The Hall–Kier alpha value is -0.790. The summed E-state index contributed by atoms with van der Waals surface area (Å²) >= 11 is 0. The van der Waals surface area contributed by atoms with Crippen molar-refractivity contribution in [2.24, 2.45) is 5.41 Å². The molecule has 0 spiro atoms. The van der Waals surface area contributed by atoms with Crippen LogP contribution in [0.2, 0.25) is 0 Å². The predicted molar refractivity (Wildman–Crippen MR) is 61.1 cm³/mol. The van der Waals surface area contributed by atoms with E-state index in [4.69, 9.17) is 9.79 Å². The fraction of sp³-hybridized carbons (Fsp3) is 0.778. The standard InChI is InChI=1S/C9H17NO7P/c1-9(2,6-17-18(14,15)16)7(12)8(13)10-4-3-5-11/h7,12H,3-4,6H2,1-2H3,(H,10,13)(H2,14,15,16). The average Bonchev–Trinajstić information content (AvgIpc) is 2.25. The first-order valence-electron chi connectivity index (χ1n) is 5.11. The molecule has 0 aliphatic rings. The maximum absolute atomic E-state index is 11.4. The van der Waals surface area contributed by atoms with E-state index in [-0.39, 0.29) is 13.0 Å². The highest BCUT2D eigenvalue weighted by atomic mass is 31.2. The van der Waals surface area contributed by atoms with E-state index < -0.39 is 31.9 Å². The summed E-state index contributed by atoms with van der Waals surface area (Å²) in [4.78, 5) is 38.4. The SMILES string of the molecule is CC(C)(COP(=O)(O)O)C(O)C(=O)NCC[C]=O. The van der Waals surface area contributed by atoms with Gasteiger partial charge in [0.05, 0.1) is 6.61 Å². The Morgan fingerprint density at radius 3 is 2.50 bits per heavy atom. The molecule has 0 aliphatic carbocycles. The third kappa shape index (κ3) is 6.83. The highest BCUT2D eigenvalue weighted by Gasteiger charge is 2.35.